The van der Waals surface area contributed by atoms with Crippen LogP contribution in [0.5, 0.6) is 0 Å². The Morgan fingerprint density at radius 1 is 1.34 bits per heavy atom. The quantitative estimate of drug-likeness (QED) is 0.607. The zero-order valence-electron chi connectivity index (χ0n) is 15.0. The van der Waals surface area contributed by atoms with E-state index >= 15 is 0 Å². The van der Waals surface area contributed by atoms with Crippen LogP contribution in [-0.4, -0.2) is 26.3 Å². The van der Waals surface area contributed by atoms with E-state index < -0.39 is 22.2 Å². The normalized spacial score (nSPS) is 14.6. The van der Waals surface area contributed by atoms with E-state index in [2.05, 4.69) is 9.88 Å². The molecule has 152 valence electrons. The molecular weight excluding hydrogens is 440 g/mol. The van der Waals surface area contributed by atoms with Gasteiger partial charge in [-0.1, -0.05) is 35.0 Å². The predicted octanol–water partition coefficient (Wildman–Crippen LogP) is 3.42. The molecule has 1 aliphatic rings. The van der Waals surface area contributed by atoms with Gasteiger partial charge in [0.1, 0.15) is 5.02 Å². The molecule has 1 saturated heterocycles. The van der Waals surface area contributed by atoms with E-state index in [-0.39, 0.29) is 18.1 Å². The monoisotopic (exact) mass is 454 g/mol. The highest BCUT2D eigenvalue weighted by molar-refractivity contribution is 7.90. The highest BCUT2D eigenvalue weighted by Gasteiger charge is 2.31. The SMILES string of the molecule is Cc1noc(-c2cccc(CC(=O)NS(=O)(=O)c3ccsc3)c2C2OCO2)c1Cl. The maximum Gasteiger partial charge on any atom is 0.264 e. The minimum absolute atomic E-state index is 0.0411. The van der Waals surface area contributed by atoms with E-state index in [1.807, 2.05) is 0 Å². The van der Waals surface area contributed by atoms with Crippen LogP contribution in [-0.2, 0) is 30.7 Å². The number of benzene rings is 1. The molecule has 0 bridgehead atoms. The lowest BCUT2D eigenvalue weighted by atomic mass is 9.96. The molecule has 2 aromatic heterocycles. The van der Waals surface area contributed by atoms with Crippen molar-refractivity contribution in [1.82, 2.24) is 9.88 Å². The van der Waals surface area contributed by atoms with Crippen molar-refractivity contribution in [2.75, 3.05) is 6.79 Å². The average molecular weight is 455 g/mol. The molecule has 1 aromatic carbocycles. The number of nitrogens with zero attached hydrogens (tertiary/aromatic N) is 1. The van der Waals surface area contributed by atoms with Crippen LogP contribution in [0, 0.1) is 6.92 Å². The molecule has 3 heterocycles. The summed E-state index contributed by atoms with van der Waals surface area (Å²) in [6.45, 7) is 1.82. The van der Waals surface area contributed by atoms with Crippen LogP contribution >= 0.6 is 22.9 Å². The lowest BCUT2D eigenvalue weighted by molar-refractivity contribution is -0.326. The first-order valence-corrected chi connectivity index (χ1v) is 11.2. The fourth-order valence-corrected chi connectivity index (χ4v) is 5.08. The first-order valence-electron chi connectivity index (χ1n) is 8.42. The van der Waals surface area contributed by atoms with Crippen molar-refractivity contribution in [2.24, 2.45) is 0 Å². The topological polar surface area (TPSA) is 108 Å². The maximum atomic E-state index is 12.5. The Morgan fingerprint density at radius 2 is 2.14 bits per heavy atom. The molecule has 0 saturated carbocycles. The summed E-state index contributed by atoms with van der Waals surface area (Å²) in [7, 11) is -3.93. The molecule has 1 aliphatic heterocycles. The summed E-state index contributed by atoms with van der Waals surface area (Å²) >= 11 is 7.51. The van der Waals surface area contributed by atoms with Crippen molar-refractivity contribution in [3.8, 4) is 11.3 Å². The van der Waals surface area contributed by atoms with Gasteiger partial charge in [0.25, 0.3) is 10.0 Å². The van der Waals surface area contributed by atoms with Gasteiger partial charge >= 0.3 is 0 Å². The van der Waals surface area contributed by atoms with Crippen LogP contribution in [0.4, 0.5) is 0 Å². The minimum Gasteiger partial charge on any atom is -0.354 e. The number of sulfonamides is 1. The van der Waals surface area contributed by atoms with Crippen molar-refractivity contribution >= 4 is 38.9 Å². The van der Waals surface area contributed by atoms with Crippen molar-refractivity contribution in [1.29, 1.82) is 0 Å². The van der Waals surface area contributed by atoms with Gasteiger partial charge in [-0.15, -0.1) is 0 Å². The minimum atomic E-state index is -3.93. The van der Waals surface area contributed by atoms with Gasteiger partial charge < -0.3 is 14.0 Å². The largest absolute Gasteiger partial charge is 0.354 e. The Hall–Kier alpha value is -2.24. The molecule has 3 aromatic rings. The second kappa shape index (κ2) is 7.88. The van der Waals surface area contributed by atoms with Crippen LogP contribution in [0.2, 0.25) is 5.02 Å². The number of carbonyl (C=O) groups excluding carboxylic acids is 1. The van der Waals surface area contributed by atoms with Gasteiger partial charge in [0, 0.05) is 16.5 Å². The highest BCUT2D eigenvalue weighted by Crippen LogP contribution is 2.40. The lowest BCUT2D eigenvalue weighted by Crippen LogP contribution is -2.32. The smallest absolute Gasteiger partial charge is 0.264 e. The van der Waals surface area contributed by atoms with Gasteiger partial charge in [-0.2, -0.15) is 11.3 Å². The van der Waals surface area contributed by atoms with Crippen LogP contribution in [0.3, 0.4) is 0 Å². The fraction of sp³-hybridized carbons (Fsp3) is 0.222. The molecule has 11 heteroatoms. The first kappa shape index (κ1) is 20.0. The summed E-state index contributed by atoms with van der Waals surface area (Å²) in [5.74, 6) is -0.361. The number of aromatic nitrogens is 1. The van der Waals surface area contributed by atoms with Crippen molar-refractivity contribution in [3.63, 3.8) is 0 Å². The van der Waals surface area contributed by atoms with Crippen LogP contribution in [0.15, 0.2) is 44.4 Å². The number of carbonyl (C=O) groups is 1. The van der Waals surface area contributed by atoms with E-state index in [9.17, 15) is 13.2 Å². The van der Waals surface area contributed by atoms with Gasteiger partial charge in [0.05, 0.1) is 17.0 Å². The second-order valence-electron chi connectivity index (χ2n) is 6.24. The third kappa shape index (κ3) is 3.94. The molecule has 0 radical (unpaired) electrons. The lowest BCUT2D eigenvalue weighted by Gasteiger charge is -2.30. The molecule has 0 spiro atoms. The zero-order valence-corrected chi connectivity index (χ0v) is 17.4. The van der Waals surface area contributed by atoms with E-state index in [1.54, 1.807) is 30.5 Å². The fourth-order valence-electron chi connectivity index (χ4n) is 2.89. The maximum absolute atomic E-state index is 12.5. The first-order chi connectivity index (χ1) is 13.9. The summed E-state index contributed by atoms with van der Waals surface area (Å²) in [5.41, 5.74) is 2.15. The summed E-state index contributed by atoms with van der Waals surface area (Å²) in [6.07, 6.45) is -0.926. The molecule has 0 unspecified atom stereocenters. The van der Waals surface area contributed by atoms with Crippen LogP contribution < -0.4 is 4.72 Å². The van der Waals surface area contributed by atoms with Gasteiger partial charge in [0.15, 0.2) is 18.8 Å². The average Bonchev–Trinajstić information content (AvgIpc) is 3.26. The molecular formula is C18H15ClN2O6S2. The van der Waals surface area contributed by atoms with E-state index in [1.165, 1.54) is 22.8 Å². The third-order valence-electron chi connectivity index (χ3n) is 4.31. The second-order valence-corrected chi connectivity index (χ2v) is 9.08. The number of hydrogen-bond donors (Lipinski definition) is 1. The number of rotatable bonds is 6. The van der Waals surface area contributed by atoms with E-state index in [0.29, 0.717) is 33.2 Å². The van der Waals surface area contributed by atoms with Gasteiger partial charge in [-0.3, -0.25) is 4.79 Å². The molecule has 8 nitrogen and oxygen atoms in total. The van der Waals surface area contributed by atoms with Crippen molar-refractivity contribution < 1.29 is 27.2 Å². The summed E-state index contributed by atoms with van der Waals surface area (Å²) in [5, 5.41) is 7.27. The van der Waals surface area contributed by atoms with E-state index in [4.69, 9.17) is 25.6 Å². The number of aryl methyl sites for hydroxylation is 1. The Labute approximate surface area is 175 Å². The summed E-state index contributed by atoms with van der Waals surface area (Å²) < 4.78 is 42.9. The molecule has 1 amide bonds. The standard InChI is InChI=1S/C18H15ClN2O6S2/c1-10-16(19)17(27-20-10)13-4-2-3-11(15(13)18-25-9-26-18)7-14(22)21-29(23,24)12-5-6-28-8-12/h2-6,8,18H,7,9H2,1H3,(H,21,22). The number of ether oxygens (including phenoxy) is 2. The Morgan fingerprint density at radius 3 is 2.72 bits per heavy atom. The Balaban J connectivity index is 1.66. The number of amides is 1. The van der Waals surface area contributed by atoms with Crippen LogP contribution in [0.25, 0.3) is 11.3 Å². The third-order valence-corrected chi connectivity index (χ3v) is 6.96. The number of nitrogens with one attached hydrogen (secondary N) is 1. The van der Waals surface area contributed by atoms with Gasteiger partial charge in [0.2, 0.25) is 5.91 Å². The van der Waals surface area contributed by atoms with Gasteiger partial charge in [-0.05, 0) is 23.9 Å². The zero-order chi connectivity index (χ0) is 20.6. The number of thiophene rings is 1. The molecule has 0 atom stereocenters. The molecule has 1 N–H and O–H groups in total. The van der Waals surface area contributed by atoms with Gasteiger partial charge in [-0.25, -0.2) is 13.1 Å². The molecule has 4 rings (SSSR count). The number of hydrogen-bond acceptors (Lipinski definition) is 8. The highest BCUT2D eigenvalue weighted by atomic mass is 35.5. The number of halogens is 1. The summed E-state index contributed by atoms with van der Waals surface area (Å²) in [6, 6.07) is 6.58. The molecule has 29 heavy (non-hydrogen) atoms. The Kier molecular flexibility index (Phi) is 5.45. The van der Waals surface area contributed by atoms with Crippen molar-refractivity contribution in [2.45, 2.75) is 24.5 Å². The molecule has 1 fully saturated rings. The van der Waals surface area contributed by atoms with Crippen LogP contribution in [0.1, 0.15) is 23.1 Å². The Bertz CT molecular complexity index is 1150. The van der Waals surface area contributed by atoms with E-state index in [0.717, 1.165) is 0 Å². The predicted molar refractivity (Wildman–Crippen MR) is 105 cm³/mol. The summed E-state index contributed by atoms with van der Waals surface area (Å²) in [4.78, 5) is 12.5. The van der Waals surface area contributed by atoms with Crippen molar-refractivity contribution in [3.05, 3.63) is 56.9 Å². The molecule has 0 aliphatic carbocycles.